The highest BCUT2D eigenvalue weighted by Gasteiger charge is 2.31. The number of nitrogens with one attached hydrogen (secondary N) is 2. The third-order valence-electron chi connectivity index (χ3n) is 6.91. The van der Waals surface area contributed by atoms with E-state index < -0.39 is 5.60 Å². The highest BCUT2D eigenvalue weighted by molar-refractivity contribution is 5.84. The molecule has 1 fully saturated rings. The molecule has 1 aliphatic carbocycles. The van der Waals surface area contributed by atoms with Gasteiger partial charge in [-0.1, -0.05) is 32.8 Å². The highest BCUT2D eigenvalue weighted by Crippen LogP contribution is 2.33. The van der Waals surface area contributed by atoms with Crippen LogP contribution in [0.2, 0.25) is 0 Å². The number of hydrogen-bond acceptors (Lipinski definition) is 8. The predicted molar refractivity (Wildman–Crippen MR) is 141 cm³/mol. The number of hydrogen-bond donors (Lipinski definition) is 3. The SMILES string of the molecule is CC(C)[C@H](Nc1nc(NCc2ccc(-c3ccco3)nc2)c2ncn(C3CCCC3)c2n1)C(C)(C)O. The fraction of sp³-hybridized carbons (Fsp3) is 0.481. The summed E-state index contributed by atoms with van der Waals surface area (Å²) in [6, 6.07) is 7.90. The molecule has 9 nitrogen and oxygen atoms in total. The molecule has 0 spiro atoms. The standard InChI is InChI=1S/C27H35N7O2/c1-17(2)23(27(3,4)35)31-26-32-24(22-25(33-26)34(16-30-22)19-8-5-6-9-19)29-15-18-11-12-20(28-14-18)21-10-7-13-36-21/h7,10-14,16-17,19,23,35H,5-6,8-9,15H2,1-4H3,(H2,29,31,32,33)/t23-/m0/s1. The van der Waals surface area contributed by atoms with E-state index in [4.69, 9.17) is 19.4 Å². The van der Waals surface area contributed by atoms with Gasteiger partial charge in [-0.2, -0.15) is 9.97 Å². The van der Waals surface area contributed by atoms with Crippen LogP contribution in [0, 0.1) is 5.92 Å². The van der Waals surface area contributed by atoms with Crippen LogP contribution >= 0.6 is 0 Å². The molecule has 5 rings (SSSR count). The molecule has 0 saturated heterocycles. The van der Waals surface area contributed by atoms with E-state index in [2.05, 4.69) is 34.0 Å². The molecule has 0 aliphatic heterocycles. The first-order valence-electron chi connectivity index (χ1n) is 12.8. The summed E-state index contributed by atoms with van der Waals surface area (Å²) in [5.74, 6) is 2.07. The van der Waals surface area contributed by atoms with E-state index in [1.807, 2.05) is 50.6 Å². The lowest BCUT2D eigenvalue weighted by molar-refractivity contribution is 0.0438. The number of aromatic nitrogens is 5. The van der Waals surface area contributed by atoms with Crippen molar-refractivity contribution in [3.05, 3.63) is 48.6 Å². The summed E-state index contributed by atoms with van der Waals surface area (Å²) in [4.78, 5) is 18.9. The molecule has 9 heteroatoms. The van der Waals surface area contributed by atoms with Crippen molar-refractivity contribution >= 4 is 22.9 Å². The van der Waals surface area contributed by atoms with Crippen LogP contribution < -0.4 is 10.6 Å². The zero-order chi connectivity index (χ0) is 25.3. The van der Waals surface area contributed by atoms with Crippen LogP contribution in [0.4, 0.5) is 11.8 Å². The Morgan fingerprint density at radius 2 is 1.94 bits per heavy atom. The zero-order valence-corrected chi connectivity index (χ0v) is 21.4. The third-order valence-corrected chi connectivity index (χ3v) is 6.91. The minimum Gasteiger partial charge on any atom is -0.463 e. The first kappa shape index (κ1) is 24.2. The molecule has 1 atom stereocenters. The van der Waals surface area contributed by atoms with E-state index in [1.54, 1.807) is 6.26 Å². The second-order valence-electron chi connectivity index (χ2n) is 10.6. The zero-order valence-electron chi connectivity index (χ0n) is 21.4. The Kier molecular flexibility index (Phi) is 6.66. The largest absolute Gasteiger partial charge is 0.463 e. The Labute approximate surface area is 211 Å². The van der Waals surface area contributed by atoms with Crippen molar-refractivity contribution in [1.82, 2.24) is 24.5 Å². The van der Waals surface area contributed by atoms with Crippen LogP contribution in [0.5, 0.6) is 0 Å². The Balaban J connectivity index is 1.45. The van der Waals surface area contributed by atoms with E-state index in [0.717, 1.165) is 41.0 Å². The van der Waals surface area contributed by atoms with Gasteiger partial charge in [-0.15, -0.1) is 0 Å². The first-order chi connectivity index (χ1) is 17.3. The van der Waals surface area contributed by atoms with Crippen molar-refractivity contribution in [1.29, 1.82) is 0 Å². The Morgan fingerprint density at radius 3 is 2.58 bits per heavy atom. The van der Waals surface area contributed by atoms with Crippen LogP contribution in [0.25, 0.3) is 22.6 Å². The predicted octanol–water partition coefficient (Wildman–Crippen LogP) is 5.42. The van der Waals surface area contributed by atoms with E-state index in [0.29, 0.717) is 24.4 Å². The van der Waals surface area contributed by atoms with Gasteiger partial charge in [0.05, 0.1) is 24.2 Å². The minimum atomic E-state index is -0.937. The quantitative estimate of drug-likeness (QED) is 0.286. The first-order valence-corrected chi connectivity index (χ1v) is 12.8. The molecule has 0 aromatic carbocycles. The maximum absolute atomic E-state index is 10.8. The molecule has 0 amide bonds. The van der Waals surface area contributed by atoms with E-state index in [9.17, 15) is 5.11 Å². The lowest BCUT2D eigenvalue weighted by Crippen LogP contribution is -2.45. The molecular weight excluding hydrogens is 454 g/mol. The Morgan fingerprint density at radius 1 is 1.14 bits per heavy atom. The summed E-state index contributed by atoms with van der Waals surface area (Å²) < 4.78 is 7.63. The van der Waals surface area contributed by atoms with Gasteiger partial charge < -0.3 is 24.7 Å². The summed E-state index contributed by atoms with van der Waals surface area (Å²) in [5, 5.41) is 17.6. The van der Waals surface area contributed by atoms with Gasteiger partial charge in [-0.3, -0.25) is 4.98 Å². The molecular formula is C27H35N7O2. The van der Waals surface area contributed by atoms with Crippen LogP contribution in [0.1, 0.15) is 65.0 Å². The minimum absolute atomic E-state index is 0.180. The molecule has 0 radical (unpaired) electrons. The normalized spacial score (nSPS) is 15.6. The van der Waals surface area contributed by atoms with Gasteiger partial charge in [-0.25, -0.2) is 4.98 Å². The number of imidazole rings is 1. The van der Waals surface area contributed by atoms with Crippen molar-refractivity contribution in [3.63, 3.8) is 0 Å². The number of anilines is 2. The van der Waals surface area contributed by atoms with Gasteiger partial charge in [0, 0.05) is 18.8 Å². The van der Waals surface area contributed by atoms with Crippen LogP contribution in [-0.2, 0) is 6.54 Å². The summed E-state index contributed by atoms with van der Waals surface area (Å²) in [5.41, 5.74) is 2.43. The fourth-order valence-corrected chi connectivity index (χ4v) is 5.14. The number of aliphatic hydroxyl groups is 1. The second-order valence-corrected chi connectivity index (χ2v) is 10.6. The van der Waals surface area contributed by atoms with Crippen molar-refractivity contribution in [3.8, 4) is 11.5 Å². The average molecular weight is 490 g/mol. The number of furan rings is 1. The lowest BCUT2D eigenvalue weighted by Gasteiger charge is -2.33. The number of pyridine rings is 1. The number of nitrogens with zero attached hydrogens (tertiary/aromatic N) is 5. The van der Waals surface area contributed by atoms with Crippen molar-refractivity contribution in [2.45, 2.75) is 77.6 Å². The Bertz CT molecular complexity index is 1280. The fourth-order valence-electron chi connectivity index (χ4n) is 5.14. The van der Waals surface area contributed by atoms with Crippen molar-refractivity contribution < 1.29 is 9.52 Å². The second kappa shape index (κ2) is 9.89. The van der Waals surface area contributed by atoms with Crippen LogP contribution in [-0.4, -0.2) is 41.3 Å². The monoisotopic (exact) mass is 489 g/mol. The average Bonchev–Trinajstić information content (AvgIpc) is 3.62. The molecule has 36 heavy (non-hydrogen) atoms. The summed E-state index contributed by atoms with van der Waals surface area (Å²) in [6.07, 6.45) is 10.1. The summed E-state index contributed by atoms with van der Waals surface area (Å²) in [6.45, 7) is 8.31. The molecule has 4 heterocycles. The van der Waals surface area contributed by atoms with Crippen molar-refractivity contribution in [2.75, 3.05) is 10.6 Å². The van der Waals surface area contributed by atoms with E-state index >= 15 is 0 Å². The van der Waals surface area contributed by atoms with Gasteiger partial charge in [0.2, 0.25) is 5.95 Å². The molecule has 0 unspecified atom stereocenters. The topological polar surface area (TPSA) is 114 Å². The van der Waals surface area contributed by atoms with Gasteiger partial charge in [0.15, 0.2) is 22.7 Å². The van der Waals surface area contributed by atoms with E-state index in [-0.39, 0.29) is 12.0 Å². The summed E-state index contributed by atoms with van der Waals surface area (Å²) >= 11 is 0. The summed E-state index contributed by atoms with van der Waals surface area (Å²) in [7, 11) is 0. The van der Waals surface area contributed by atoms with Gasteiger partial charge >= 0.3 is 0 Å². The van der Waals surface area contributed by atoms with Crippen molar-refractivity contribution in [2.24, 2.45) is 5.92 Å². The van der Waals surface area contributed by atoms with E-state index in [1.165, 1.54) is 12.8 Å². The van der Waals surface area contributed by atoms with Crippen LogP contribution in [0.3, 0.4) is 0 Å². The van der Waals surface area contributed by atoms with Crippen LogP contribution in [0.15, 0.2) is 47.5 Å². The molecule has 4 aromatic rings. The van der Waals surface area contributed by atoms with Gasteiger partial charge in [0.1, 0.15) is 5.69 Å². The lowest BCUT2D eigenvalue weighted by atomic mass is 9.89. The van der Waals surface area contributed by atoms with Gasteiger partial charge in [0.25, 0.3) is 0 Å². The molecule has 4 aromatic heterocycles. The number of fused-ring (bicyclic) bond motifs is 1. The third kappa shape index (κ3) is 5.06. The number of rotatable bonds is 9. The molecule has 0 bridgehead atoms. The molecule has 3 N–H and O–H groups in total. The smallest absolute Gasteiger partial charge is 0.227 e. The molecule has 190 valence electrons. The maximum Gasteiger partial charge on any atom is 0.227 e. The maximum atomic E-state index is 10.8. The molecule has 1 aliphatic rings. The molecule has 1 saturated carbocycles. The highest BCUT2D eigenvalue weighted by atomic mass is 16.3. The van der Waals surface area contributed by atoms with Gasteiger partial charge in [-0.05, 0) is 56.4 Å². The Hall–Kier alpha value is -3.46.